The van der Waals surface area contributed by atoms with Crippen LogP contribution < -0.4 is 10.4 Å². The number of carbonyl (C=O) groups excluding carboxylic acids is 1. The van der Waals surface area contributed by atoms with Crippen LogP contribution in [0.25, 0.3) is 11.0 Å². The largest absolute Gasteiger partial charge is 0.497 e. The SMILES string of the molecule is COc1cc(CO)c2oc(COC(=O)Cc3ccn([C@@H]4O[C@@H]5CO[Si](C(C)C)(C(C)C)O[Si](C(C)C)(C(C)C)O[C@H]5C4(F)F)c(=O)n3)cc2c1. The predicted octanol–water partition coefficient (Wildman–Crippen LogP) is 6.27. The Morgan fingerprint density at radius 2 is 1.72 bits per heavy atom. The molecule has 3 aromatic rings. The number of hydrogen-bond acceptors (Lipinski definition) is 11. The summed E-state index contributed by atoms with van der Waals surface area (Å²) in [6.07, 6.45) is -4.14. The number of alkyl halides is 2. The van der Waals surface area contributed by atoms with Gasteiger partial charge in [-0.2, -0.15) is 13.8 Å². The van der Waals surface area contributed by atoms with E-state index >= 15 is 8.78 Å². The van der Waals surface area contributed by atoms with E-state index in [0.29, 0.717) is 28.0 Å². The van der Waals surface area contributed by atoms with E-state index in [1.54, 1.807) is 18.2 Å². The van der Waals surface area contributed by atoms with E-state index in [1.807, 2.05) is 55.4 Å². The molecule has 5 rings (SSSR count). The van der Waals surface area contributed by atoms with Crippen molar-refractivity contribution in [3.63, 3.8) is 0 Å². The molecule has 2 fully saturated rings. The fraction of sp³-hybridized carbons (Fsp3) is 0.618. The molecule has 2 aliphatic rings. The predicted molar refractivity (Wildman–Crippen MR) is 183 cm³/mol. The minimum atomic E-state index is -3.64. The number of furan rings is 1. The van der Waals surface area contributed by atoms with E-state index in [1.165, 1.54) is 13.2 Å². The van der Waals surface area contributed by atoms with Crippen LogP contribution in [0, 0.1) is 0 Å². The summed E-state index contributed by atoms with van der Waals surface area (Å²) in [5.41, 5.74) is -0.368. The number of aromatic nitrogens is 2. The second-order valence-corrected chi connectivity index (χ2v) is 23.1. The molecule has 3 atom stereocenters. The fourth-order valence-corrected chi connectivity index (χ4v) is 18.2. The lowest BCUT2D eigenvalue weighted by Crippen LogP contribution is -2.66. The van der Waals surface area contributed by atoms with Crippen LogP contribution in [0.1, 0.15) is 78.6 Å². The number of rotatable bonds is 11. The number of fused-ring (bicyclic) bond motifs is 2. The fourth-order valence-electron chi connectivity index (χ4n) is 7.00. The van der Waals surface area contributed by atoms with Gasteiger partial charge >= 0.3 is 34.7 Å². The minimum absolute atomic E-state index is 0.0118. The summed E-state index contributed by atoms with van der Waals surface area (Å²) >= 11 is 0. The first-order valence-electron chi connectivity index (χ1n) is 17.0. The topological polar surface area (TPSA) is 141 Å². The smallest absolute Gasteiger partial charge is 0.350 e. The average molecular weight is 739 g/mol. The Labute approximate surface area is 292 Å². The summed E-state index contributed by atoms with van der Waals surface area (Å²) in [4.78, 5) is 29.8. The van der Waals surface area contributed by atoms with Crippen molar-refractivity contribution in [2.24, 2.45) is 0 Å². The van der Waals surface area contributed by atoms with E-state index in [0.717, 1.165) is 10.8 Å². The number of nitrogens with zero attached hydrogens (tertiary/aromatic N) is 2. The monoisotopic (exact) mass is 738 g/mol. The second kappa shape index (κ2) is 14.6. The molecule has 0 aliphatic carbocycles. The first-order valence-corrected chi connectivity index (χ1v) is 20.9. The molecule has 0 spiro atoms. The molecule has 0 radical (unpaired) electrons. The van der Waals surface area contributed by atoms with Crippen molar-refractivity contribution in [3.8, 4) is 5.75 Å². The molecule has 50 heavy (non-hydrogen) atoms. The first kappa shape index (κ1) is 38.2. The van der Waals surface area contributed by atoms with Gasteiger partial charge in [0, 0.05) is 17.1 Å². The molecule has 1 N–H and O–H groups in total. The summed E-state index contributed by atoms with van der Waals surface area (Å²) < 4.78 is 76.0. The molecule has 12 nitrogen and oxygen atoms in total. The van der Waals surface area contributed by atoms with Crippen molar-refractivity contribution in [1.29, 1.82) is 0 Å². The molecule has 2 aliphatic heterocycles. The molecular formula is C34H48F2N2O10Si2. The second-order valence-electron chi connectivity index (χ2n) is 14.2. The zero-order chi connectivity index (χ0) is 36.8. The van der Waals surface area contributed by atoms with Crippen LogP contribution in [-0.4, -0.2) is 69.6 Å². The summed E-state index contributed by atoms with van der Waals surface area (Å²) in [5, 5.41) is 10.3. The van der Waals surface area contributed by atoms with Crippen molar-refractivity contribution in [3.05, 3.63) is 58.0 Å². The van der Waals surface area contributed by atoms with Crippen molar-refractivity contribution in [2.75, 3.05) is 13.7 Å². The molecule has 0 unspecified atom stereocenters. The van der Waals surface area contributed by atoms with Crippen LogP contribution in [-0.2, 0) is 46.9 Å². The number of carbonyl (C=O) groups is 1. The number of ether oxygens (including phenoxy) is 3. The molecule has 16 heteroatoms. The molecule has 0 saturated carbocycles. The van der Waals surface area contributed by atoms with Crippen LogP contribution in [0.5, 0.6) is 5.75 Å². The number of methoxy groups -OCH3 is 1. The van der Waals surface area contributed by atoms with E-state index in [4.69, 9.17) is 31.6 Å². The van der Waals surface area contributed by atoms with E-state index in [2.05, 4.69) is 4.98 Å². The van der Waals surface area contributed by atoms with Crippen molar-refractivity contribution in [1.82, 2.24) is 9.55 Å². The Bertz CT molecular complexity index is 1730. The lowest BCUT2D eigenvalue weighted by molar-refractivity contribution is -0.144. The lowest BCUT2D eigenvalue weighted by Gasteiger charge is -2.51. The molecule has 276 valence electrons. The van der Waals surface area contributed by atoms with Crippen molar-refractivity contribution < 1.29 is 50.3 Å². The van der Waals surface area contributed by atoms with Crippen LogP contribution >= 0.6 is 0 Å². The Kier molecular flexibility index (Phi) is 11.1. The van der Waals surface area contributed by atoms with E-state index in [-0.39, 0.29) is 54.1 Å². The van der Waals surface area contributed by atoms with Crippen molar-refractivity contribution in [2.45, 2.75) is 122 Å². The van der Waals surface area contributed by atoms with Gasteiger partial charge in [0.1, 0.15) is 35.9 Å². The zero-order valence-corrected chi connectivity index (χ0v) is 32.0. The average Bonchev–Trinajstić information content (AvgIpc) is 3.56. The Hall–Kier alpha value is -3.00. The van der Waals surface area contributed by atoms with Gasteiger partial charge < -0.3 is 36.7 Å². The summed E-state index contributed by atoms with van der Waals surface area (Å²) in [6.45, 7) is 15.2. The molecule has 0 bridgehead atoms. The maximum Gasteiger partial charge on any atom is 0.350 e. The maximum atomic E-state index is 16.4. The van der Waals surface area contributed by atoms with Crippen LogP contribution in [0.15, 0.2) is 39.7 Å². The normalized spacial score (nSPS) is 23.0. The van der Waals surface area contributed by atoms with Crippen LogP contribution in [0.4, 0.5) is 8.78 Å². The van der Waals surface area contributed by atoms with Gasteiger partial charge in [0.05, 0.1) is 32.4 Å². The summed E-state index contributed by atoms with van der Waals surface area (Å²) in [6, 6.07) is 6.34. The Balaban J connectivity index is 1.34. The van der Waals surface area contributed by atoms with Gasteiger partial charge in [0.15, 0.2) is 0 Å². The number of aliphatic hydroxyl groups excluding tert-OH is 1. The van der Waals surface area contributed by atoms with E-state index in [9.17, 15) is 14.7 Å². The highest BCUT2D eigenvalue weighted by molar-refractivity contribution is 6.84. The third-order valence-electron chi connectivity index (χ3n) is 9.64. The highest BCUT2D eigenvalue weighted by Crippen LogP contribution is 2.52. The van der Waals surface area contributed by atoms with Crippen LogP contribution in [0.3, 0.4) is 0 Å². The maximum absolute atomic E-state index is 16.4. The molecule has 4 heterocycles. The summed E-state index contributed by atoms with van der Waals surface area (Å²) in [7, 11) is -4.88. The van der Waals surface area contributed by atoms with Crippen molar-refractivity contribution >= 4 is 34.1 Å². The minimum Gasteiger partial charge on any atom is -0.497 e. The quantitative estimate of drug-likeness (QED) is 0.176. The van der Waals surface area contributed by atoms with Gasteiger partial charge in [-0.25, -0.2) is 4.79 Å². The van der Waals surface area contributed by atoms with Gasteiger partial charge in [-0.15, -0.1) is 0 Å². The third kappa shape index (κ3) is 6.95. The lowest BCUT2D eigenvalue weighted by atomic mass is 10.1. The zero-order valence-electron chi connectivity index (χ0n) is 30.0. The van der Waals surface area contributed by atoms with E-state index < -0.39 is 53.1 Å². The van der Waals surface area contributed by atoms with Gasteiger partial charge in [-0.05, 0) is 46.4 Å². The number of aliphatic hydroxyl groups is 1. The van der Waals surface area contributed by atoms with Gasteiger partial charge in [0.2, 0.25) is 6.23 Å². The molecule has 0 amide bonds. The molecule has 2 saturated heterocycles. The molecular weight excluding hydrogens is 691 g/mol. The third-order valence-corrected chi connectivity index (χ3v) is 19.9. The van der Waals surface area contributed by atoms with Gasteiger partial charge in [0.25, 0.3) is 0 Å². The highest BCUT2D eigenvalue weighted by atomic mass is 28.5. The number of halogens is 2. The number of esters is 1. The molecule has 1 aromatic carbocycles. The molecule has 2 aromatic heterocycles. The highest BCUT2D eigenvalue weighted by Gasteiger charge is 2.67. The standard InChI is InChI=1S/C34H48F2N2O10Si2/c1-19(2)49(20(3)4)44-18-28-31(47-50(48-49,21(5)6)22(7)8)34(35,36)32(46-28)38-11-10-25(37-33(38)41)15-29(40)43-17-27-13-23-12-26(42-9)14-24(16-39)30(23)45-27/h10-14,19-22,28,31-32,39H,15-18H2,1-9H3/t28-,31-,32-/m1/s1. The number of hydrogen-bond donors (Lipinski definition) is 1. The van der Waals surface area contributed by atoms with Gasteiger partial charge in [-0.1, -0.05) is 55.4 Å². The number of benzene rings is 1. The Morgan fingerprint density at radius 1 is 1.06 bits per heavy atom. The summed E-state index contributed by atoms with van der Waals surface area (Å²) in [5.74, 6) is -3.49. The van der Waals surface area contributed by atoms with Gasteiger partial charge in [-0.3, -0.25) is 9.36 Å². The Morgan fingerprint density at radius 3 is 2.30 bits per heavy atom. The first-order chi connectivity index (χ1) is 23.5. The van der Waals surface area contributed by atoms with Crippen LogP contribution in [0.2, 0.25) is 22.2 Å².